The van der Waals surface area contributed by atoms with Crippen molar-refractivity contribution in [2.45, 2.75) is 27.7 Å². The summed E-state index contributed by atoms with van der Waals surface area (Å²) in [6.45, 7) is 9.49. The average Bonchev–Trinajstić information content (AvgIpc) is 2.19. The summed E-state index contributed by atoms with van der Waals surface area (Å²) >= 11 is 0. The van der Waals surface area contributed by atoms with Gasteiger partial charge in [-0.25, -0.2) is 0 Å². The molecule has 6 heteroatoms. The fraction of sp³-hybridized carbons (Fsp3) is 0.545. The van der Waals surface area contributed by atoms with E-state index in [9.17, 15) is 14.4 Å². The number of methoxy groups -OCH3 is 1. The van der Waals surface area contributed by atoms with Crippen molar-refractivity contribution in [2.75, 3.05) is 13.7 Å². The second kappa shape index (κ2) is 16.6. The maximum atomic E-state index is 9.82. The lowest BCUT2D eigenvalue weighted by atomic mass is 10.8. The molecule has 0 saturated heterocycles. The second-order valence-corrected chi connectivity index (χ2v) is 2.40. The summed E-state index contributed by atoms with van der Waals surface area (Å²) in [5, 5.41) is 0. The lowest BCUT2D eigenvalue weighted by molar-refractivity contribution is -0.140. The van der Waals surface area contributed by atoms with Crippen LogP contribution in [0.5, 0.6) is 0 Å². The highest BCUT2D eigenvalue weighted by molar-refractivity contribution is 5.66. The van der Waals surface area contributed by atoms with Gasteiger partial charge < -0.3 is 14.2 Å². The molecule has 0 unspecified atom stereocenters. The summed E-state index contributed by atoms with van der Waals surface area (Å²) in [6, 6.07) is 0. The quantitative estimate of drug-likeness (QED) is 0.418. The molecule has 0 spiro atoms. The molecule has 0 N–H and O–H groups in total. The molecule has 0 atom stereocenters. The highest BCUT2D eigenvalue weighted by Crippen LogP contribution is 1.70. The third-order valence-corrected chi connectivity index (χ3v) is 0.884. The van der Waals surface area contributed by atoms with Gasteiger partial charge in [-0.15, -0.1) is 0 Å². The van der Waals surface area contributed by atoms with Crippen molar-refractivity contribution in [2.24, 2.45) is 0 Å². The first kappa shape index (κ1) is 20.5. The number of ether oxygens (including phenoxy) is 3. The first-order valence-electron chi connectivity index (χ1n) is 4.77. The summed E-state index contributed by atoms with van der Waals surface area (Å²) in [4.78, 5) is 29.2. The fourth-order valence-corrected chi connectivity index (χ4v) is 0.321. The Bertz CT molecular complexity index is 234. The van der Waals surface area contributed by atoms with Crippen molar-refractivity contribution in [3.8, 4) is 0 Å². The van der Waals surface area contributed by atoms with E-state index in [1.807, 2.05) is 0 Å². The zero-order valence-corrected chi connectivity index (χ0v) is 10.9. The topological polar surface area (TPSA) is 78.9 Å². The molecule has 0 aromatic carbocycles. The van der Waals surface area contributed by atoms with Crippen molar-refractivity contribution < 1.29 is 28.6 Å². The molecule has 0 heterocycles. The Hall–Kier alpha value is -1.85. The molecule has 0 aromatic rings. The lowest BCUT2D eigenvalue weighted by Crippen LogP contribution is -1.95. The van der Waals surface area contributed by atoms with Crippen LogP contribution in [0.1, 0.15) is 27.7 Å². The fourth-order valence-electron chi connectivity index (χ4n) is 0.321. The number of esters is 3. The van der Waals surface area contributed by atoms with Crippen LogP contribution in [0.4, 0.5) is 0 Å². The van der Waals surface area contributed by atoms with Gasteiger partial charge in [0.2, 0.25) is 0 Å². The highest BCUT2D eigenvalue weighted by Gasteiger charge is 1.81. The Labute approximate surface area is 102 Å². The van der Waals surface area contributed by atoms with E-state index in [2.05, 4.69) is 20.8 Å². The van der Waals surface area contributed by atoms with Gasteiger partial charge in [0.25, 0.3) is 0 Å². The van der Waals surface area contributed by atoms with Gasteiger partial charge in [0.15, 0.2) is 0 Å². The summed E-state index contributed by atoms with van der Waals surface area (Å²) < 4.78 is 12.7. The average molecular weight is 248 g/mol. The molecule has 0 aliphatic rings. The van der Waals surface area contributed by atoms with Crippen LogP contribution in [0.25, 0.3) is 0 Å². The normalized spacial score (nSPS) is 7.12. The molecule has 6 nitrogen and oxygen atoms in total. The molecule has 0 amide bonds. The van der Waals surface area contributed by atoms with Gasteiger partial charge >= 0.3 is 17.9 Å². The standard InChI is InChI=1S/C4H8O2.C4H6O2.C3H6O2/c2*1-3-6-4(2)5;1-3(4)5-2/h3H2,1-2H3;3H,1H2,2H3;1-2H3. The van der Waals surface area contributed by atoms with Crippen molar-refractivity contribution in [3.63, 3.8) is 0 Å². The molecule has 0 aromatic heterocycles. The Balaban J connectivity index is -0.000000174. The highest BCUT2D eigenvalue weighted by atomic mass is 16.5. The van der Waals surface area contributed by atoms with Gasteiger partial charge in [-0.2, -0.15) is 0 Å². The van der Waals surface area contributed by atoms with E-state index >= 15 is 0 Å². The van der Waals surface area contributed by atoms with Gasteiger partial charge in [0, 0.05) is 20.8 Å². The van der Waals surface area contributed by atoms with Crippen LogP contribution in [0.2, 0.25) is 0 Å². The van der Waals surface area contributed by atoms with E-state index in [0.717, 1.165) is 6.26 Å². The molecule has 17 heavy (non-hydrogen) atoms. The Kier molecular flexibility index (Phi) is 20.0. The molecular weight excluding hydrogens is 228 g/mol. The van der Waals surface area contributed by atoms with Gasteiger partial charge in [0.05, 0.1) is 20.0 Å². The lowest BCUT2D eigenvalue weighted by Gasteiger charge is -1.89. The van der Waals surface area contributed by atoms with Gasteiger partial charge in [-0.3, -0.25) is 14.4 Å². The van der Waals surface area contributed by atoms with E-state index in [1.54, 1.807) is 6.92 Å². The summed E-state index contributed by atoms with van der Waals surface area (Å²) in [6.07, 6.45) is 1.10. The molecule has 0 aliphatic carbocycles. The van der Waals surface area contributed by atoms with Crippen LogP contribution < -0.4 is 0 Å². The molecule has 0 aliphatic heterocycles. The van der Waals surface area contributed by atoms with Crippen LogP contribution >= 0.6 is 0 Å². The molecule has 0 bridgehead atoms. The van der Waals surface area contributed by atoms with Crippen LogP contribution in [-0.2, 0) is 28.6 Å². The number of rotatable bonds is 2. The van der Waals surface area contributed by atoms with E-state index in [4.69, 9.17) is 0 Å². The number of hydrogen-bond donors (Lipinski definition) is 0. The van der Waals surface area contributed by atoms with E-state index < -0.39 is 0 Å². The van der Waals surface area contributed by atoms with E-state index in [1.165, 1.54) is 27.9 Å². The van der Waals surface area contributed by atoms with Gasteiger partial charge in [-0.05, 0) is 6.92 Å². The maximum absolute atomic E-state index is 9.82. The van der Waals surface area contributed by atoms with Crippen LogP contribution in [0, 0.1) is 0 Å². The minimum atomic E-state index is -0.329. The van der Waals surface area contributed by atoms with Crippen LogP contribution in [0.15, 0.2) is 12.8 Å². The van der Waals surface area contributed by atoms with Gasteiger partial charge in [0.1, 0.15) is 0 Å². The largest absolute Gasteiger partial charge is 0.469 e. The van der Waals surface area contributed by atoms with Crippen molar-refractivity contribution in [1.29, 1.82) is 0 Å². The number of carbonyl (C=O) groups is 3. The number of hydrogen-bond acceptors (Lipinski definition) is 6. The summed E-state index contributed by atoms with van der Waals surface area (Å²) in [5.41, 5.74) is 0. The monoisotopic (exact) mass is 248 g/mol. The molecule has 0 fully saturated rings. The SMILES string of the molecule is C=COC(C)=O.CCOC(C)=O.COC(C)=O. The molecule has 0 saturated carbocycles. The first-order chi connectivity index (χ1) is 7.81. The predicted molar refractivity (Wildman–Crippen MR) is 62.0 cm³/mol. The Morgan fingerprint density at radius 1 is 1.06 bits per heavy atom. The van der Waals surface area contributed by atoms with Crippen LogP contribution in [0.3, 0.4) is 0 Å². The minimum absolute atomic E-state index is 0.211. The maximum Gasteiger partial charge on any atom is 0.307 e. The Morgan fingerprint density at radius 3 is 1.47 bits per heavy atom. The van der Waals surface area contributed by atoms with Crippen molar-refractivity contribution in [1.82, 2.24) is 0 Å². The molecule has 0 rings (SSSR count). The van der Waals surface area contributed by atoms with E-state index in [0.29, 0.717) is 6.61 Å². The third kappa shape index (κ3) is 55.2. The second-order valence-electron chi connectivity index (χ2n) is 2.40. The molecule has 0 radical (unpaired) electrons. The molecule has 100 valence electrons. The van der Waals surface area contributed by atoms with Crippen LogP contribution in [-0.4, -0.2) is 31.6 Å². The van der Waals surface area contributed by atoms with Gasteiger partial charge in [-0.1, -0.05) is 6.58 Å². The summed E-state index contributed by atoms with van der Waals surface area (Å²) in [5.74, 6) is -0.785. The zero-order chi connectivity index (χ0) is 14.3. The molecular formula is C11H20O6. The number of carbonyl (C=O) groups excluding carboxylic acids is 3. The van der Waals surface area contributed by atoms with Crippen molar-refractivity contribution in [3.05, 3.63) is 12.8 Å². The predicted octanol–water partition coefficient (Wildman–Crippen LogP) is 1.44. The van der Waals surface area contributed by atoms with E-state index in [-0.39, 0.29) is 17.9 Å². The Morgan fingerprint density at radius 2 is 1.47 bits per heavy atom. The summed E-state index contributed by atoms with van der Waals surface area (Å²) in [7, 11) is 1.35. The van der Waals surface area contributed by atoms with Crippen molar-refractivity contribution >= 4 is 17.9 Å². The minimum Gasteiger partial charge on any atom is -0.469 e. The smallest absolute Gasteiger partial charge is 0.307 e. The third-order valence-electron chi connectivity index (χ3n) is 0.884. The zero-order valence-electron chi connectivity index (χ0n) is 10.9. The first-order valence-corrected chi connectivity index (χ1v) is 4.77.